The molecular formula is C32H32F3NO6S. The highest BCUT2D eigenvalue weighted by atomic mass is 32.2. The summed E-state index contributed by atoms with van der Waals surface area (Å²) in [5.41, 5.74) is 3.38. The first-order chi connectivity index (χ1) is 20.4. The molecule has 0 unspecified atom stereocenters. The van der Waals surface area contributed by atoms with Crippen LogP contribution in [-0.2, 0) is 21.1 Å². The van der Waals surface area contributed by atoms with Gasteiger partial charge in [-0.3, -0.25) is 9.59 Å². The molecule has 1 amide bonds. The minimum atomic E-state index is -4.90. The molecule has 1 aliphatic rings. The van der Waals surface area contributed by atoms with Gasteiger partial charge in [-0.05, 0) is 83.8 Å². The molecule has 7 nitrogen and oxygen atoms in total. The summed E-state index contributed by atoms with van der Waals surface area (Å²) in [7, 11) is -4.07. The zero-order valence-electron chi connectivity index (χ0n) is 23.3. The highest BCUT2D eigenvalue weighted by Gasteiger charge is 2.31. The summed E-state index contributed by atoms with van der Waals surface area (Å²) in [5, 5.41) is 12.4. The highest BCUT2D eigenvalue weighted by Crippen LogP contribution is 2.34. The predicted molar refractivity (Wildman–Crippen MR) is 155 cm³/mol. The van der Waals surface area contributed by atoms with E-state index in [1.54, 1.807) is 24.3 Å². The van der Waals surface area contributed by atoms with E-state index in [-0.39, 0.29) is 24.3 Å². The molecule has 0 aromatic heterocycles. The van der Waals surface area contributed by atoms with Crippen molar-refractivity contribution in [1.82, 2.24) is 5.32 Å². The van der Waals surface area contributed by atoms with Crippen molar-refractivity contribution in [2.75, 3.05) is 6.54 Å². The van der Waals surface area contributed by atoms with Crippen LogP contribution in [0, 0.1) is 0 Å². The maximum absolute atomic E-state index is 13.4. The fourth-order valence-corrected chi connectivity index (χ4v) is 6.33. The summed E-state index contributed by atoms with van der Waals surface area (Å²) in [4.78, 5) is 22.8. The number of carboxylic acids is 1. The van der Waals surface area contributed by atoms with Crippen molar-refractivity contribution in [2.24, 2.45) is 0 Å². The zero-order valence-corrected chi connectivity index (χ0v) is 24.1. The van der Waals surface area contributed by atoms with E-state index in [4.69, 9.17) is 5.11 Å². The largest absolute Gasteiger partial charge is 0.573 e. The molecule has 3 aromatic rings. The number of carbonyl (C=O) groups is 2. The molecule has 1 fully saturated rings. The van der Waals surface area contributed by atoms with Crippen LogP contribution in [0.25, 0.3) is 5.57 Å². The molecule has 1 saturated carbocycles. The summed E-state index contributed by atoms with van der Waals surface area (Å²) >= 11 is 0. The molecule has 1 aliphatic carbocycles. The standard InChI is InChI=1S/C32H32F3NO6S/c33-32(34,35)42-28-14-16-29(17-15-28)43(40,41)21-27(25-12-10-24(11-13-25)23-4-2-1-3-5-23)20-22-6-8-26(9-7-22)31(39)36-19-18-30(37)38/h6-17,21,23H,1-5,18-20H2,(H,36,39)(H,37,38)/b27-21+. The van der Waals surface area contributed by atoms with Gasteiger partial charge in [-0.2, -0.15) is 0 Å². The summed E-state index contributed by atoms with van der Waals surface area (Å²) in [5.74, 6) is -1.52. The van der Waals surface area contributed by atoms with Gasteiger partial charge >= 0.3 is 12.3 Å². The topological polar surface area (TPSA) is 110 Å². The van der Waals surface area contributed by atoms with Crippen molar-refractivity contribution in [3.05, 3.63) is 100 Å². The van der Waals surface area contributed by atoms with Gasteiger partial charge in [0.15, 0.2) is 9.84 Å². The summed E-state index contributed by atoms with van der Waals surface area (Å²) in [6, 6.07) is 18.3. The monoisotopic (exact) mass is 615 g/mol. The van der Waals surface area contributed by atoms with Crippen LogP contribution >= 0.6 is 0 Å². The van der Waals surface area contributed by atoms with E-state index < -0.39 is 33.8 Å². The molecule has 11 heteroatoms. The van der Waals surface area contributed by atoms with E-state index in [1.165, 1.54) is 24.8 Å². The summed E-state index contributed by atoms with van der Waals surface area (Å²) < 4.78 is 68.3. The van der Waals surface area contributed by atoms with Gasteiger partial charge in [0.1, 0.15) is 5.75 Å². The van der Waals surface area contributed by atoms with Crippen molar-refractivity contribution >= 4 is 27.3 Å². The maximum Gasteiger partial charge on any atom is 0.573 e. The Hall–Kier alpha value is -4.12. The molecule has 0 spiro atoms. The minimum Gasteiger partial charge on any atom is -0.481 e. The smallest absolute Gasteiger partial charge is 0.481 e. The Morgan fingerprint density at radius 3 is 2.07 bits per heavy atom. The van der Waals surface area contributed by atoms with Crippen LogP contribution in [0.1, 0.15) is 71.5 Å². The number of alkyl halides is 3. The number of carboxylic acid groups (broad SMARTS) is 1. The van der Waals surface area contributed by atoms with E-state index in [0.717, 1.165) is 42.5 Å². The number of carbonyl (C=O) groups excluding carboxylic acids is 1. The van der Waals surface area contributed by atoms with Crippen molar-refractivity contribution in [3.63, 3.8) is 0 Å². The van der Waals surface area contributed by atoms with Crippen LogP contribution in [0.5, 0.6) is 5.75 Å². The number of amides is 1. The molecule has 43 heavy (non-hydrogen) atoms. The molecule has 2 N–H and O–H groups in total. The van der Waals surface area contributed by atoms with Crippen LogP contribution in [0.15, 0.2) is 83.1 Å². The molecule has 0 atom stereocenters. The van der Waals surface area contributed by atoms with Crippen molar-refractivity contribution in [1.29, 1.82) is 0 Å². The van der Waals surface area contributed by atoms with Crippen LogP contribution in [0.3, 0.4) is 0 Å². The van der Waals surface area contributed by atoms with Crippen LogP contribution in [0.2, 0.25) is 0 Å². The quantitative estimate of drug-likeness (QED) is 0.243. The number of aliphatic carboxylic acids is 1. The van der Waals surface area contributed by atoms with Gasteiger partial charge in [0.05, 0.1) is 11.3 Å². The number of halogens is 3. The first kappa shape index (κ1) is 31.8. The zero-order chi connectivity index (χ0) is 31.0. The minimum absolute atomic E-state index is 0.0131. The molecule has 0 radical (unpaired) electrons. The average molecular weight is 616 g/mol. The van der Waals surface area contributed by atoms with Crippen LogP contribution < -0.4 is 10.1 Å². The lowest BCUT2D eigenvalue weighted by Crippen LogP contribution is -2.25. The number of ether oxygens (including phenoxy) is 1. The van der Waals surface area contributed by atoms with E-state index in [0.29, 0.717) is 28.2 Å². The van der Waals surface area contributed by atoms with Gasteiger partial charge in [0.25, 0.3) is 5.91 Å². The van der Waals surface area contributed by atoms with Gasteiger partial charge in [0, 0.05) is 17.5 Å². The SMILES string of the molecule is O=C(O)CCNC(=O)c1ccc(C/C(=C\S(=O)(=O)c2ccc(OC(F)(F)F)cc2)c2ccc(C3CCCCC3)cc2)cc1. The summed E-state index contributed by atoms with van der Waals surface area (Å²) in [6.07, 6.45) is 0.896. The Morgan fingerprint density at radius 2 is 1.49 bits per heavy atom. The Morgan fingerprint density at radius 1 is 0.884 bits per heavy atom. The Labute approximate surface area is 248 Å². The predicted octanol–water partition coefficient (Wildman–Crippen LogP) is 6.89. The van der Waals surface area contributed by atoms with E-state index >= 15 is 0 Å². The van der Waals surface area contributed by atoms with E-state index in [1.807, 2.05) is 24.3 Å². The second-order valence-electron chi connectivity index (χ2n) is 10.4. The molecule has 3 aromatic carbocycles. The number of allylic oxidation sites excluding steroid dienone is 1. The molecule has 0 aliphatic heterocycles. The fourth-order valence-electron chi connectivity index (χ4n) is 5.08. The number of hydrogen-bond acceptors (Lipinski definition) is 5. The molecule has 4 rings (SSSR count). The molecule has 0 bridgehead atoms. The third-order valence-corrected chi connectivity index (χ3v) is 8.80. The first-order valence-corrected chi connectivity index (χ1v) is 15.4. The highest BCUT2D eigenvalue weighted by molar-refractivity contribution is 7.94. The van der Waals surface area contributed by atoms with E-state index in [2.05, 4.69) is 10.1 Å². The Bertz CT molecular complexity index is 1540. The third kappa shape index (κ3) is 9.44. The van der Waals surface area contributed by atoms with Crippen LogP contribution in [0.4, 0.5) is 13.2 Å². The number of sulfone groups is 1. The van der Waals surface area contributed by atoms with Gasteiger partial charge in [-0.25, -0.2) is 8.42 Å². The van der Waals surface area contributed by atoms with Crippen molar-refractivity contribution in [3.8, 4) is 5.75 Å². The lowest BCUT2D eigenvalue weighted by Gasteiger charge is -2.22. The lowest BCUT2D eigenvalue weighted by molar-refractivity contribution is -0.274. The number of benzene rings is 3. The lowest BCUT2D eigenvalue weighted by atomic mass is 9.83. The molecular weight excluding hydrogens is 583 g/mol. The average Bonchev–Trinajstić information content (AvgIpc) is 2.97. The molecule has 0 saturated heterocycles. The van der Waals surface area contributed by atoms with Gasteiger partial charge in [-0.1, -0.05) is 55.7 Å². The van der Waals surface area contributed by atoms with Gasteiger partial charge in [-0.15, -0.1) is 13.2 Å². The van der Waals surface area contributed by atoms with Crippen LogP contribution in [-0.4, -0.2) is 38.3 Å². The van der Waals surface area contributed by atoms with Crippen molar-refractivity contribution in [2.45, 2.75) is 62.1 Å². The summed E-state index contributed by atoms with van der Waals surface area (Å²) in [6.45, 7) is -0.0131. The molecule has 228 valence electrons. The van der Waals surface area contributed by atoms with Gasteiger partial charge < -0.3 is 15.2 Å². The fraction of sp³-hybridized carbons (Fsp3) is 0.312. The second kappa shape index (κ2) is 13.9. The number of rotatable bonds is 11. The van der Waals surface area contributed by atoms with Crippen molar-refractivity contribution < 1.29 is 41.0 Å². The molecule has 0 heterocycles. The normalized spacial score (nSPS) is 14.7. The third-order valence-electron chi connectivity index (χ3n) is 7.28. The number of hydrogen-bond donors (Lipinski definition) is 2. The van der Waals surface area contributed by atoms with Gasteiger partial charge in [0.2, 0.25) is 0 Å². The number of nitrogens with one attached hydrogen (secondary N) is 1. The first-order valence-electron chi connectivity index (χ1n) is 13.9. The van der Waals surface area contributed by atoms with E-state index in [9.17, 15) is 31.2 Å². The maximum atomic E-state index is 13.4. The second-order valence-corrected chi connectivity index (χ2v) is 12.2. The Kier molecular flexibility index (Phi) is 10.3. The Balaban J connectivity index is 1.60.